The zero-order valence-corrected chi connectivity index (χ0v) is 15.6. The van der Waals surface area contributed by atoms with Crippen molar-refractivity contribution in [2.45, 2.75) is 38.5 Å². The highest BCUT2D eigenvalue weighted by Crippen LogP contribution is 2.30. The number of aryl methyl sites for hydroxylation is 1. The lowest BCUT2D eigenvalue weighted by molar-refractivity contribution is -0.119. The zero-order chi connectivity index (χ0) is 18.1. The van der Waals surface area contributed by atoms with Crippen LogP contribution >= 0.6 is 0 Å². The third kappa shape index (κ3) is 3.62. The number of nitrogens with one attached hydrogen (secondary N) is 1. The van der Waals surface area contributed by atoms with E-state index in [4.69, 9.17) is 0 Å². The number of carbonyl (C=O) groups is 1. The number of rotatable bonds is 6. The lowest BCUT2D eigenvalue weighted by atomic mass is 10.2. The van der Waals surface area contributed by atoms with Gasteiger partial charge in [-0.15, -0.1) is 0 Å². The first-order valence-electron chi connectivity index (χ1n) is 7.77. The molecule has 1 heterocycles. The molecule has 1 aliphatic heterocycles. The predicted molar refractivity (Wildman–Crippen MR) is 91.7 cm³/mol. The van der Waals surface area contributed by atoms with Gasteiger partial charge in [-0.3, -0.25) is 4.79 Å². The van der Waals surface area contributed by atoms with Gasteiger partial charge in [-0.2, -0.15) is 0 Å². The van der Waals surface area contributed by atoms with Crippen molar-refractivity contribution < 1.29 is 21.6 Å². The van der Waals surface area contributed by atoms with Gasteiger partial charge in [0, 0.05) is 6.54 Å². The molecular formula is C15H22N2O5S2. The Balaban J connectivity index is 2.36. The van der Waals surface area contributed by atoms with Crippen LogP contribution in [0.25, 0.3) is 0 Å². The monoisotopic (exact) mass is 374 g/mol. The van der Waals surface area contributed by atoms with Gasteiger partial charge in [0.15, 0.2) is 0 Å². The van der Waals surface area contributed by atoms with Crippen molar-refractivity contribution in [2.24, 2.45) is 5.92 Å². The van der Waals surface area contributed by atoms with E-state index in [0.29, 0.717) is 12.1 Å². The average Bonchev–Trinajstić information content (AvgIpc) is 2.66. The van der Waals surface area contributed by atoms with Crippen molar-refractivity contribution in [3.05, 3.63) is 23.8 Å². The van der Waals surface area contributed by atoms with Crippen LogP contribution < -0.4 is 9.03 Å². The molecule has 0 saturated carbocycles. The largest absolute Gasteiger partial charge is 0.273 e. The second-order valence-electron chi connectivity index (χ2n) is 5.98. The standard InChI is InChI=1S/C15H22N2O5S2/c1-4-5-8-16-24(21,22)14-7-6-13(9-11(14)2)17-15(18)12(3)10-23(17,19)20/h6-7,9,12,16H,4-5,8,10H2,1-3H3. The summed E-state index contributed by atoms with van der Waals surface area (Å²) in [6.45, 7) is 5.44. The smallest absolute Gasteiger partial charge is 0.244 e. The van der Waals surface area contributed by atoms with Crippen molar-refractivity contribution in [1.82, 2.24) is 4.72 Å². The Morgan fingerprint density at radius 3 is 2.50 bits per heavy atom. The van der Waals surface area contributed by atoms with Crippen molar-refractivity contribution >= 4 is 31.6 Å². The van der Waals surface area contributed by atoms with Gasteiger partial charge >= 0.3 is 0 Å². The number of unbranched alkanes of at least 4 members (excludes halogenated alkanes) is 1. The molecule has 1 aromatic carbocycles. The Labute approximate surface area is 143 Å². The first kappa shape index (κ1) is 18.9. The molecule has 1 saturated heterocycles. The lowest BCUT2D eigenvalue weighted by Gasteiger charge is -2.17. The van der Waals surface area contributed by atoms with Gasteiger partial charge in [0.05, 0.1) is 22.3 Å². The summed E-state index contributed by atoms with van der Waals surface area (Å²) in [6.07, 6.45) is 1.60. The topological polar surface area (TPSA) is 101 Å². The lowest BCUT2D eigenvalue weighted by Crippen LogP contribution is -2.30. The molecule has 1 fully saturated rings. The van der Waals surface area contributed by atoms with E-state index < -0.39 is 31.9 Å². The second kappa shape index (κ2) is 6.81. The van der Waals surface area contributed by atoms with Crippen LogP contribution in [0, 0.1) is 12.8 Å². The summed E-state index contributed by atoms with van der Waals surface area (Å²) >= 11 is 0. The minimum atomic E-state index is -3.70. The number of carbonyl (C=O) groups excluding carboxylic acids is 1. The highest BCUT2D eigenvalue weighted by Gasteiger charge is 2.42. The molecule has 0 bridgehead atoms. The summed E-state index contributed by atoms with van der Waals surface area (Å²) in [5.74, 6) is -1.33. The first-order valence-corrected chi connectivity index (χ1v) is 10.9. The normalized spacial score (nSPS) is 20.5. The van der Waals surface area contributed by atoms with Crippen molar-refractivity contribution in [2.75, 3.05) is 16.6 Å². The van der Waals surface area contributed by atoms with E-state index in [1.807, 2.05) is 6.92 Å². The molecule has 1 unspecified atom stereocenters. The van der Waals surface area contributed by atoms with Crippen LogP contribution in [0.2, 0.25) is 0 Å². The summed E-state index contributed by atoms with van der Waals surface area (Å²) in [5, 5.41) is 0. The molecule has 1 N–H and O–H groups in total. The summed E-state index contributed by atoms with van der Waals surface area (Å²) in [5.41, 5.74) is 0.563. The van der Waals surface area contributed by atoms with Crippen LogP contribution in [0.5, 0.6) is 0 Å². The molecule has 0 aliphatic carbocycles. The van der Waals surface area contributed by atoms with E-state index >= 15 is 0 Å². The van der Waals surface area contributed by atoms with Crippen LogP contribution in [0.4, 0.5) is 5.69 Å². The van der Waals surface area contributed by atoms with Gasteiger partial charge in [-0.1, -0.05) is 20.3 Å². The Hall–Kier alpha value is -1.45. The molecule has 1 amide bonds. The van der Waals surface area contributed by atoms with Gasteiger partial charge in [-0.25, -0.2) is 25.9 Å². The van der Waals surface area contributed by atoms with Crippen molar-refractivity contribution in [3.63, 3.8) is 0 Å². The van der Waals surface area contributed by atoms with E-state index in [1.54, 1.807) is 13.8 Å². The molecule has 7 nitrogen and oxygen atoms in total. The summed E-state index contributed by atoms with van der Waals surface area (Å²) < 4.78 is 52.1. The van der Waals surface area contributed by atoms with Crippen LogP contribution in [0.3, 0.4) is 0 Å². The van der Waals surface area contributed by atoms with Gasteiger partial charge in [-0.05, 0) is 37.1 Å². The first-order chi connectivity index (χ1) is 11.1. The molecule has 2 rings (SSSR count). The molecule has 0 radical (unpaired) electrons. The fraction of sp³-hybridized carbons (Fsp3) is 0.533. The maximum absolute atomic E-state index is 12.3. The molecule has 9 heteroatoms. The predicted octanol–water partition coefficient (Wildman–Crippen LogP) is 1.39. The maximum atomic E-state index is 12.3. The van der Waals surface area contributed by atoms with Gasteiger partial charge in [0.1, 0.15) is 0 Å². The highest BCUT2D eigenvalue weighted by molar-refractivity contribution is 7.94. The molecule has 0 spiro atoms. The van der Waals surface area contributed by atoms with Gasteiger partial charge in [0.25, 0.3) is 0 Å². The highest BCUT2D eigenvalue weighted by atomic mass is 32.2. The Kier molecular flexibility index (Phi) is 5.36. The number of amides is 1. The third-order valence-electron chi connectivity index (χ3n) is 3.87. The van der Waals surface area contributed by atoms with Crippen LogP contribution in [0.15, 0.2) is 23.1 Å². The number of sulfonamides is 2. The molecule has 134 valence electrons. The fourth-order valence-corrected chi connectivity index (χ4v) is 5.72. The van der Waals surface area contributed by atoms with Crippen LogP contribution in [0.1, 0.15) is 32.3 Å². The Morgan fingerprint density at radius 1 is 1.33 bits per heavy atom. The van der Waals surface area contributed by atoms with Gasteiger partial charge in [0.2, 0.25) is 26.0 Å². The number of benzene rings is 1. The van der Waals surface area contributed by atoms with Crippen LogP contribution in [-0.2, 0) is 24.8 Å². The number of hydrogen-bond donors (Lipinski definition) is 1. The van der Waals surface area contributed by atoms with Crippen molar-refractivity contribution in [3.8, 4) is 0 Å². The Morgan fingerprint density at radius 2 is 2.00 bits per heavy atom. The zero-order valence-electron chi connectivity index (χ0n) is 13.9. The summed E-state index contributed by atoms with van der Waals surface area (Å²) in [7, 11) is -7.36. The number of anilines is 1. The molecule has 24 heavy (non-hydrogen) atoms. The fourth-order valence-electron chi connectivity index (χ4n) is 2.61. The molecule has 1 aromatic rings. The quantitative estimate of drug-likeness (QED) is 0.758. The third-order valence-corrected chi connectivity index (χ3v) is 7.36. The van der Waals surface area contributed by atoms with Crippen LogP contribution in [-0.4, -0.2) is 35.0 Å². The molecule has 1 atom stereocenters. The SMILES string of the molecule is CCCCNS(=O)(=O)c1ccc(N2C(=O)C(C)CS2(=O)=O)cc1C. The molecule has 0 aromatic heterocycles. The average molecular weight is 374 g/mol. The van der Waals surface area contributed by atoms with E-state index in [2.05, 4.69) is 4.72 Å². The minimum Gasteiger partial charge on any atom is -0.273 e. The Bertz CT molecular complexity index is 847. The van der Waals surface area contributed by atoms with Gasteiger partial charge < -0.3 is 0 Å². The summed E-state index contributed by atoms with van der Waals surface area (Å²) in [4.78, 5) is 12.2. The molecular weight excluding hydrogens is 352 g/mol. The number of nitrogens with zero attached hydrogens (tertiary/aromatic N) is 1. The molecule has 1 aliphatic rings. The maximum Gasteiger partial charge on any atom is 0.244 e. The minimum absolute atomic E-state index is 0.0828. The van der Waals surface area contributed by atoms with E-state index in [1.165, 1.54) is 18.2 Å². The van der Waals surface area contributed by atoms with E-state index in [0.717, 1.165) is 17.1 Å². The van der Waals surface area contributed by atoms with E-state index in [9.17, 15) is 21.6 Å². The van der Waals surface area contributed by atoms with E-state index in [-0.39, 0.29) is 16.3 Å². The second-order valence-corrected chi connectivity index (χ2v) is 9.58. The number of hydrogen-bond acceptors (Lipinski definition) is 5. The summed E-state index contributed by atoms with van der Waals surface area (Å²) in [6, 6.07) is 4.11. The van der Waals surface area contributed by atoms with Crippen molar-refractivity contribution in [1.29, 1.82) is 0 Å².